The lowest BCUT2D eigenvalue weighted by Crippen LogP contribution is -2.53. The second-order valence-corrected chi connectivity index (χ2v) is 14.5. The van der Waals surface area contributed by atoms with E-state index in [1.165, 1.54) is 0 Å². The summed E-state index contributed by atoms with van der Waals surface area (Å²) in [6.07, 6.45) is -0.311. The molecule has 2 aromatic carbocycles. The first-order valence-corrected chi connectivity index (χ1v) is 18.8. The Balaban J connectivity index is 1.56. The van der Waals surface area contributed by atoms with Crippen molar-refractivity contribution in [3.05, 3.63) is 69.3 Å². The molecule has 1 fully saturated rings. The van der Waals surface area contributed by atoms with Crippen LogP contribution in [0, 0.1) is 16.0 Å². The monoisotopic (exact) mass is 775 g/mol. The van der Waals surface area contributed by atoms with E-state index in [1.54, 1.807) is 19.1 Å². The average Bonchev–Trinajstić information content (AvgIpc) is 3.15. The van der Waals surface area contributed by atoms with Gasteiger partial charge in [0.1, 0.15) is 24.6 Å². The number of nitrogens with zero attached hydrogens (tertiary/aromatic N) is 3. The van der Waals surface area contributed by atoms with Crippen LogP contribution in [0.2, 0.25) is 0 Å². The van der Waals surface area contributed by atoms with Gasteiger partial charge in [0.25, 0.3) is 5.09 Å². The van der Waals surface area contributed by atoms with Crippen molar-refractivity contribution in [1.29, 1.82) is 0 Å². The fraction of sp³-hybridized carbons (Fsp3) is 0.641. The van der Waals surface area contributed by atoms with Gasteiger partial charge >= 0.3 is 12.2 Å². The molecule has 16 nitrogen and oxygen atoms in total. The quantitative estimate of drug-likeness (QED) is 0.0650. The maximum Gasteiger partial charge on any atom is 0.508 e. The van der Waals surface area contributed by atoms with Gasteiger partial charge in [-0.25, -0.2) is 9.59 Å². The summed E-state index contributed by atoms with van der Waals surface area (Å²) >= 11 is 0. The number of carbonyl (C=O) groups is 2. The highest BCUT2D eigenvalue weighted by molar-refractivity contribution is 5.68. The van der Waals surface area contributed by atoms with Gasteiger partial charge in [0.2, 0.25) is 0 Å². The van der Waals surface area contributed by atoms with Gasteiger partial charge in [0, 0.05) is 45.8 Å². The third kappa shape index (κ3) is 14.7. The molecule has 3 atom stereocenters. The van der Waals surface area contributed by atoms with Gasteiger partial charge in [-0.05, 0) is 68.9 Å². The second-order valence-electron chi connectivity index (χ2n) is 14.5. The molecule has 0 aliphatic carbocycles. The van der Waals surface area contributed by atoms with Crippen molar-refractivity contribution in [3.8, 4) is 5.75 Å². The van der Waals surface area contributed by atoms with E-state index in [1.807, 2.05) is 57.2 Å². The van der Waals surface area contributed by atoms with Crippen molar-refractivity contribution in [3.63, 3.8) is 0 Å². The second kappa shape index (κ2) is 22.2. The minimum atomic E-state index is -0.879. The van der Waals surface area contributed by atoms with Gasteiger partial charge < -0.3 is 52.5 Å². The van der Waals surface area contributed by atoms with Crippen LogP contribution in [0.4, 0.5) is 15.3 Å². The van der Waals surface area contributed by atoms with Crippen molar-refractivity contribution in [2.75, 3.05) is 91.5 Å². The fourth-order valence-corrected chi connectivity index (χ4v) is 6.51. The molecule has 55 heavy (non-hydrogen) atoms. The summed E-state index contributed by atoms with van der Waals surface area (Å²) in [7, 11) is 3.33. The van der Waals surface area contributed by atoms with Crippen LogP contribution in [-0.4, -0.2) is 121 Å². The molecule has 0 radical (unpaired) electrons. The molecule has 0 aromatic heterocycles. The molecule has 1 amide bonds. The first kappa shape index (κ1) is 43.3. The summed E-state index contributed by atoms with van der Waals surface area (Å²) in [5, 5.41) is 9.51. The predicted octanol–water partition coefficient (Wildman–Crippen LogP) is 5.76. The van der Waals surface area contributed by atoms with Gasteiger partial charge in [0.05, 0.1) is 64.5 Å². The topological polar surface area (TPSA) is 167 Å². The standard InChI is InChI=1S/C39H57N3O13/c1-39(2,3)55-37(43)41-24-32(28-53-38(44)51-18-6-7-19-54-42(45)46)36(31-12-9-29(10-13-31)26-49-22-21-48-5)35(25-41)52-27-30-11-14-34-33(23-30)40(16-20-50-34)15-8-17-47-4/h9-14,23,32,35-36H,6-8,15-22,24-28H2,1-5H3/t32-,35-,36-/m0/s1. The zero-order chi connectivity index (χ0) is 39.6. The lowest BCUT2D eigenvalue weighted by Gasteiger charge is -2.43. The number of fused-ring (bicyclic) bond motifs is 1. The van der Waals surface area contributed by atoms with E-state index in [0.717, 1.165) is 47.6 Å². The number of piperidine rings is 1. The van der Waals surface area contributed by atoms with Crippen LogP contribution in [0.25, 0.3) is 0 Å². The van der Waals surface area contributed by atoms with E-state index >= 15 is 0 Å². The van der Waals surface area contributed by atoms with E-state index in [9.17, 15) is 19.7 Å². The predicted molar refractivity (Wildman–Crippen MR) is 201 cm³/mol. The highest BCUT2D eigenvalue weighted by Crippen LogP contribution is 2.38. The Bertz CT molecular complexity index is 1490. The number of rotatable bonds is 21. The number of ether oxygens (including phenoxy) is 8. The Morgan fingerprint density at radius 2 is 1.64 bits per heavy atom. The molecule has 0 saturated carbocycles. The Hall–Kier alpha value is -4.38. The maximum atomic E-state index is 13.5. The van der Waals surface area contributed by atoms with E-state index in [-0.39, 0.29) is 45.4 Å². The molecule has 2 heterocycles. The number of anilines is 1. The summed E-state index contributed by atoms with van der Waals surface area (Å²) in [5.74, 6) is 0.129. The number of benzene rings is 2. The van der Waals surface area contributed by atoms with Gasteiger partial charge in [-0.2, -0.15) is 0 Å². The summed E-state index contributed by atoms with van der Waals surface area (Å²) in [6, 6.07) is 14.1. The first-order chi connectivity index (χ1) is 26.5. The van der Waals surface area contributed by atoms with E-state index < -0.39 is 35.0 Å². The SMILES string of the molecule is COCCCN1CCOc2ccc(CO[C@H]3CN(C(=O)OC(C)(C)C)C[C@@H](COC(=O)OCCCCO[N+](=O)[O-])[C@@H]3c3ccc(COCCOC)cc3)cc21. The lowest BCUT2D eigenvalue weighted by molar-refractivity contribution is -0.757. The number of hydrogen-bond acceptors (Lipinski definition) is 14. The molecule has 0 bridgehead atoms. The smallest absolute Gasteiger partial charge is 0.490 e. The number of hydrogen-bond donors (Lipinski definition) is 0. The van der Waals surface area contributed by atoms with Crippen LogP contribution in [-0.2, 0) is 51.2 Å². The van der Waals surface area contributed by atoms with Crippen molar-refractivity contribution in [2.24, 2.45) is 5.92 Å². The lowest BCUT2D eigenvalue weighted by atomic mass is 9.78. The molecule has 16 heteroatoms. The molecule has 2 aromatic rings. The number of methoxy groups -OCH3 is 2. The van der Waals surface area contributed by atoms with Crippen molar-refractivity contribution >= 4 is 17.9 Å². The van der Waals surface area contributed by atoms with Crippen LogP contribution in [0.1, 0.15) is 62.6 Å². The molecule has 0 N–H and O–H groups in total. The van der Waals surface area contributed by atoms with E-state index in [0.29, 0.717) is 45.9 Å². The highest BCUT2D eigenvalue weighted by atomic mass is 16.9. The molecular weight excluding hydrogens is 718 g/mol. The molecular formula is C39H57N3O13. The van der Waals surface area contributed by atoms with Crippen LogP contribution in [0.15, 0.2) is 42.5 Å². The zero-order valence-electron chi connectivity index (χ0n) is 32.7. The summed E-state index contributed by atoms with van der Waals surface area (Å²) in [5.41, 5.74) is 3.14. The number of carbonyl (C=O) groups excluding carboxylic acids is 2. The summed E-state index contributed by atoms with van der Waals surface area (Å²) < 4.78 is 45.4. The average molecular weight is 776 g/mol. The fourth-order valence-electron chi connectivity index (χ4n) is 6.51. The largest absolute Gasteiger partial charge is 0.508 e. The van der Waals surface area contributed by atoms with Gasteiger partial charge in [-0.3, -0.25) is 0 Å². The van der Waals surface area contributed by atoms with Crippen molar-refractivity contribution < 1.29 is 57.4 Å². The minimum absolute atomic E-state index is 0.00726. The van der Waals surface area contributed by atoms with Gasteiger partial charge in [0.15, 0.2) is 0 Å². The normalized spacial score (nSPS) is 18.2. The molecule has 4 rings (SSSR count). The van der Waals surface area contributed by atoms with Crippen LogP contribution in [0.5, 0.6) is 5.75 Å². The zero-order valence-corrected chi connectivity index (χ0v) is 32.7. The van der Waals surface area contributed by atoms with Crippen LogP contribution >= 0.6 is 0 Å². The molecule has 1 saturated heterocycles. The van der Waals surface area contributed by atoms with Crippen LogP contribution < -0.4 is 9.64 Å². The first-order valence-electron chi connectivity index (χ1n) is 18.8. The molecule has 0 unspecified atom stereocenters. The Morgan fingerprint density at radius 3 is 2.36 bits per heavy atom. The van der Waals surface area contributed by atoms with Crippen molar-refractivity contribution in [1.82, 2.24) is 4.90 Å². The number of likely N-dealkylation sites (tertiary alicyclic amines) is 1. The number of amides is 1. The van der Waals surface area contributed by atoms with Gasteiger partial charge in [-0.15, -0.1) is 10.1 Å². The number of unbranched alkanes of at least 4 members (excludes halogenated alkanes) is 1. The third-order valence-corrected chi connectivity index (χ3v) is 9.07. The minimum Gasteiger partial charge on any atom is -0.490 e. The summed E-state index contributed by atoms with van der Waals surface area (Å²) in [4.78, 5) is 44.8. The van der Waals surface area contributed by atoms with Gasteiger partial charge in [-0.1, -0.05) is 30.3 Å². The Labute approximate surface area is 323 Å². The Kier molecular flexibility index (Phi) is 17.5. The molecule has 2 aliphatic heterocycles. The van der Waals surface area contributed by atoms with Crippen molar-refractivity contribution in [2.45, 2.75) is 70.9 Å². The summed E-state index contributed by atoms with van der Waals surface area (Å²) in [6.45, 7) is 10.3. The highest BCUT2D eigenvalue weighted by Gasteiger charge is 2.42. The molecule has 2 aliphatic rings. The molecule has 306 valence electrons. The maximum absolute atomic E-state index is 13.5. The van der Waals surface area contributed by atoms with Crippen LogP contribution in [0.3, 0.4) is 0 Å². The third-order valence-electron chi connectivity index (χ3n) is 9.07. The Morgan fingerprint density at radius 1 is 0.891 bits per heavy atom. The van der Waals surface area contributed by atoms with E-state index in [4.69, 9.17) is 37.9 Å². The molecule has 0 spiro atoms. The van der Waals surface area contributed by atoms with E-state index in [2.05, 4.69) is 15.8 Å².